The van der Waals surface area contributed by atoms with Gasteiger partial charge in [0, 0.05) is 10.7 Å². The second-order valence-corrected chi connectivity index (χ2v) is 7.03. The van der Waals surface area contributed by atoms with Crippen LogP contribution in [0.4, 0.5) is 16.2 Å². The summed E-state index contributed by atoms with van der Waals surface area (Å²) in [6, 6.07) is 13.3. The zero-order valence-electron chi connectivity index (χ0n) is 15.9. The van der Waals surface area contributed by atoms with E-state index in [1.807, 2.05) is 49.7 Å². The molecule has 2 aromatic carbocycles. The van der Waals surface area contributed by atoms with Gasteiger partial charge in [0.05, 0.1) is 23.6 Å². The van der Waals surface area contributed by atoms with Crippen molar-refractivity contribution in [2.24, 2.45) is 0 Å². The van der Waals surface area contributed by atoms with Crippen LogP contribution in [-0.4, -0.2) is 15.8 Å². The number of carbonyl (C=O) groups excluding carboxylic acids is 1. The smallest absolute Gasteiger partial charge is 0.307 e. The van der Waals surface area contributed by atoms with Crippen LogP contribution in [0, 0.1) is 27.7 Å². The summed E-state index contributed by atoms with van der Waals surface area (Å²) < 4.78 is 1.91. The maximum atomic E-state index is 12.5. The molecule has 0 saturated heterocycles. The van der Waals surface area contributed by atoms with Crippen LogP contribution in [0.15, 0.2) is 42.5 Å². The van der Waals surface area contributed by atoms with Crippen molar-refractivity contribution in [2.75, 3.05) is 10.6 Å². The molecule has 0 unspecified atom stereocenters. The number of anilines is 2. The Hall–Kier alpha value is -2.79. The summed E-state index contributed by atoms with van der Waals surface area (Å²) in [7, 11) is 0. The Labute approximate surface area is 164 Å². The number of benzene rings is 2. The normalized spacial score (nSPS) is 10.7. The summed E-state index contributed by atoms with van der Waals surface area (Å²) in [6.45, 7) is 8.46. The van der Waals surface area contributed by atoms with Crippen LogP contribution in [0.1, 0.15) is 28.1 Å². The number of rotatable bonds is 4. The summed E-state index contributed by atoms with van der Waals surface area (Å²) in [5.74, 6) is 0. The van der Waals surface area contributed by atoms with Gasteiger partial charge in [0.1, 0.15) is 0 Å². The quantitative estimate of drug-likeness (QED) is 0.629. The third-order valence-corrected chi connectivity index (χ3v) is 5.13. The molecule has 6 heteroatoms. The molecule has 0 aliphatic heterocycles. The Kier molecular flexibility index (Phi) is 5.51. The second kappa shape index (κ2) is 7.84. The molecule has 0 aliphatic carbocycles. The molecule has 0 atom stereocenters. The minimum absolute atomic E-state index is 0.318. The van der Waals surface area contributed by atoms with Gasteiger partial charge in [-0.15, -0.1) is 0 Å². The second-order valence-electron chi connectivity index (χ2n) is 6.62. The average Bonchev–Trinajstić information content (AvgIpc) is 2.88. The molecule has 3 rings (SSSR count). The first kappa shape index (κ1) is 19.0. The third-order valence-electron chi connectivity index (χ3n) is 4.72. The van der Waals surface area contributed by atoms with E-state index in [4.69, 9.17) is 11.6 Å². The van der Waals surface area contributed by atoms with Gasteiger partial charge in [-0.05, 0) is 56.5 Å². The van der Waals surface area contributed by atoms with Crippen LogP contribution in [0.25, 0.3) is 0 Å². The highest BCUT2D eigenvalue weighted by Crippen LogP contribution is 2.24. The van der Waals surface area contributed by atoms with Gasteiger partial charge in [-0.1, -0.05) is 41.9 Å². The van der Waals surface area contributed by atoms with Crippen molar-refractivity contribution in [3.63, 3.8) is 0 Å². The lowest BCUT2D eigenvalue weighted by Crippen LogP contribution is -2.20. The number of nitrogens with one attached hydrogen (secondary N) is 2. The van der Waals surface area contributed by atoms with E-state index >= 15 is 0 Å². The predicted molar refractivity (Wildman–Crippen MR) is 111 cm³/mol. The molecular weight excluding hydrogens is 360 g/mol. The van der Waals surface area contributed by atoms with E-state index in [2.05, 4.69) is 34.8 Å². The maximum Gasteiger partial charge on any atom is 0.323 e. The lowest BCUT2D eigenvalue weighted by Gasteiger charge is -2.11. The number of aromatic nitrogens is 2. The number of aryl methyl sites for hydroxylation is 2. The van der Waals surface area contributed by atoms with Crippen LogP contribution in [0.5, 0.6) is 0 Å². The molecule has 2 amide bonds. The highest BCUT2D eigenvalue weighted by molar-refractivity contribution is 6.31. The highest BCUT2D eigenvalue weighted by atomic mass is 35.5. The van der Waals surface area contributed by atoms with E-state index in [9.17, 15) is 4.79 Å². The summed E-state index contributed by atoms with van der Waals surface area (Å²) in [5, 5.41) is 11.0. The maximum absolute atomic E-state index is 12.5. The highest BCUT2D eigenvalue weighted by Gasteiger charge is 2.15. The third kappa shape index (κ3) is 4.14. The zero-order chi connectivity index (χ0) is 19.6. The Balaban J connectivity index is 1.77. The SMILES string of the molecule is Cc1ccccc1Cn1nc(C)c(NC(=O)Nc2cccc(Cl)c2C)c1C. The lowest BCUT2D eigenvalue weighted by molar-refractivity contribution is 0.262. The largest absolute Gasteiger partial charge is 0.323 e. The van der Waals surface area contributed by atoms with Gasteiger partial charge in [-0.2, -0.15) is 5.10 Å². The van der Waals surface area contributed by atoms with E-state index in [0.29, 0.717) is 17.3 Å². The average molecular weight is 383 g/mol. The minimum Gasteiger partial charge on any atom is -0.307 e. The van der Waals surface area contributed by atoms with Crippen molar-refractivity contribution in [2.45, 2.75) is 34.2 Å². The van der Waals surface area contributed by atoms with Crippen molar-refractivity contribution < 1.29 is 4.79 Å². The molecule has 1 heterocycles. The summed E-state index contributed by atoms with van der Waals surface area (Å²) in [6.07, 6.45) is 0. The number of hydrogen-bond acceptors (Lipinski definition) is 2. The van der Waals surface area contributed by atoms with Gasteiger partial charge < -0.3 is 10.6 Å². The molecule has 1 aromatic heterocycles. The zero-order valence-corrected chi connectivity index (χ0v) is 16.7. The number of nitrogens with zero attached hydrogens (tertiary/aromatic N) is 2. The molecule has 0 spiro atoms. The van der Waals surface area contributed by atoms with Crippen molar-refractivity contribution >= 4 is 29.0 Å². The van der Waals surface area contributed by atoms with Gasteiger partial charge >= 0.3 is 6.03 Å². The number of urea groups is 1. The minimum atomic E-state index is -0.318. The van der Waals surface area contributed by atoms with Crippen LogP contribution in [0.2, 0.25) is 5.02 Å². The molecule has 3 aromatic rings. The van der Waals surface area contributed by atoms with Gasteiger partial charge in [0.25, 0.3) is 0 Å². The monoisotopic (exact) mass is 382 g/mol. The molecule has 0 saturated carbocycles. The fraction of sp³-hybridized carbons (Fsp3) is 0.238. The first-order valence-corrected chi connectivity index (χ1v) is 9.16. The molecule has 27 heavy (non-hydrogen) atoms. The molecule has 0 aliphatic rings. The van der Waals surface area contributed by atoms with Crippen LogP contribution in [0.3, 0.4) is 0 Å². The van der Waals surface area contributed by atoms with Crippen molar-refractivity contribution in [1.29, 1.82) is 0 Å². The first-order chi connectivity index (χ1) is 12.9. The molecule has 2 N–H and O–H groups in total. The Morgan fingerprint density at radius 2 is 1.78 bits per heavy atom. The fourth-order valence-electron chi connectivity index (χ4n) is 2.99. The topological polar surface area (TPSA) is 59.0 Å². The Bertz CT molecular complexity index is 994. The van der Waals surface area contributed by atoms with Crippen LogP contribution < -0.4 is 10.6 Å². The number of amides is 2. The van der Waals surface area contributed by atoms with E-state index in [1.165, 1.54) is 11.1 Å². The van der Waals surface area contributed by atoms with E-state index in [0.717, 1.165) is 22.6 Å². The summed E-state index contributed by atoms with van der Waals surface area (Å²) in [4.78, 5) is 12.5. The summed E-state index contributed by atoms with van der Waals surface area (Å²) >= 11 is 6.12. The molecule has 0 bridgehead atoms. The number of hydrogen-bond donors (Lipinski definition) is 2. The summed E-state index contributed by atoms with van der Waals surface area (Å²) in [5.41, 5.74) is 6.34. The molecular formula is C21H23ClN4O. The van der Waals surface area contributed by atoms with Crippen molar-refractivity contribution in [3.05, 3.63) is 75.6 Å². The van der Waals surface area contributed by atoms with Crippen LogP contribution in [-0.2, 0) is 6.54 Å². The Morgan fingerprint density at radius 3 is 2.52 bits per heavy atom. The Morgan fingerprint density at radius 1 is 1.04 bits per heavy atom. The van der Waals surface area contributed by atoms with Gasteiger partial charge in [0.15, 0.2) is 0 Å². The van der Waals surface area contributed by atoms with Gasteiger partial charge in [0.2, 0.25) is 0 Å². The first-order valence-electron chi connectivity index (χ1n) is 8.78. The standard InChI is InChI=1S/C21H23ClN4O/c1-13-8-5-6-9-17(13)12-26-16(4)20(15(3)25-26)24-21(27)23-19-11-7-10-18(22)14(19)2/h5-11H,12H2,1-4H3,(H2,23,24,27). The van der Waals surface area contributed by atoms with Gasteiger partial charge in [-0.25, -0.2) is 4.79 Å². The fourth-order valence-corrected chi connectivity index (χ4v) is 3.17. The number of halogens is 1. The van der Waals surface area contributed by atoms with E-state index < -0.39 is 0 Å². The number of carbonyl (C=O) groups is 1. The lowest BCUT2D eigenvalue weighted by atomic mass is 10.1. The van der Waals surface area contributed by atoms with Crippen LogP contribution >= 0.6 is 11.6 Å². The molecule has 0 radical (unpaired) electrons. The van der Waals surface area contributed by atoms with Crippen molar-refractivity contribution in [1.82, 2.24) is 9.78 Å². The van der Waals surface area contributed by atoms with Gasteiger partial charge in [-0.3, -0.25) is 4.68 Å². The molecule has 5 nitrogen and oxygen atoms in total. The molecule has 0 fully saturated rings. The van der Waals surface area contributed by atoms with E-state index in [1.54, 1.807) is 6.07 Å². The van der Waals surface area contributed by atoms with E-state index in [-0.39, 0.29) is 6.03 Å². The molecule has 140 valence electrons. The van der Waals surface area contributed by atoms with Crippen molar-refractivity contribution in [3.8, 4) is 0 Å². The predicted octanol–water partition coefficient (Wildman–Crippen LogP) is 5.46.